The van der Waals surface area contributed by atoms with E-state index in [1.165, 1.54) is 12.8 Å². The van der Waals surface area contributed by atoms with Crippen molar-refractivity contribution in [2.24, 2.45) is 0 Å². The molecule has 2 atom stereocenters. The van der Waals surface area contributed by atoms with Crippen LogP contribution in [0.15, 0.2) is 24.3 Å². The fourth-order valence-electron chi connectivity index (χ4n) is 3.85. The summed E-state index contributed by atoms with van der Waals surface area (Å²) in [4.78, 5) is 19.4. The average molecular weight is 384 g/mol. The molecule has 2 fully saturated rings. The van der Waals surface area contributed by atoms with E-state index in [1.807, 2.05) is 29.2 Å². The van der Waals surface area contributed by atoms with Crippen molar-refractivity contribution >= 4 is 5.91 Å². The van der Waals surface area contributed by atoms with Crippen molar-refractivity contribution in [1.29, 1.82) is 0 Å². The summed E-state index contributed by atoms with van der Waals surface area (Å²) in [5.41, 5.74) is 1.02. The second-order valence-electron chi connectivity index (χ2n) is 7.58. The Bertz CT molecular complexity index is 800. The highest BCUT2D eigenvalue weighted by atomic mass is 16.5. The first-order valence-corrected chi connectivity index (χ1v) is 10.2. The Morgan fingerprint density at radius 2 is 2.04 bits per heavy atom. The van der Waals surface area contributed by atoms with Crippen molar-refractivity contribution in [1.82, 2.24) is 20.1 Å². The molecule has 1 N–H and O–H groups in total. The molecule has 0 radical (unpaired) electrons. The summed E-state index contributed by atoms with van der Waals surface area (Å²) >= 11 is 0. The molecule has 1 saturated heterocycles. The number of amides is 1. The lowest BCUT2D eigenvalue weighted by molar-refractivity contribution is -0.160. The third-order valence-electron chi connectivity index (χ3n) is 5.48. The van der Waals surface area contributed by atoms with Crippen LogP contribution in [0.2, 0.25) is 0 Å². The Balaban J connectivity index is 1.62. The zero-order valence-corrected chi connectivity index (χ0v) is 16.6. The fraction of sp³-hybridized carbons (Fsp3) is 0.571. The van der Waals surface area contributed by atoms with Gasteiger partial charge in [0.2, 0.25) is 5.91 Å². The number of benzene rings is 1. The van der Waals surface area contributed by atoms with Crippen LogP contribution < -0.4 is 4.74 Å². The first-order valence-electron chi connectivity index (χ1n) is 10.2. The Labute approximate surface area is 165 Å². The van der Waals surface area contributed by atoms with Gasteiger partial charge in [0, 0.05) is 12.5 Å². The molecule has 2 aromatic rings. The van der Waals surface area contributed by atoms with E-state index in [9.17, 15) is 4.79 Å². The molecular formula is C21H28N4O3. The monoisotopic (exact) mass is 384 g/mol. The molecule has 4 rings (SSSR count). The van der Waals surface area contributed by atoms with Gasteiger partial charge in [0.15, 0.2) is 5.82 Å². The van der Waals surface area contributed by atoms with Crippen LogP contribution in [0.3, 0.4) is 0 Å². The van der Waals surface area contributed by atoms with Gasteiger partial charge in [-0.3, -0.25) is 9.89 Å². The number of nitrogens with one attached hydrogen (secondary N) is 1. The minimum Gasteiger partial charge on any atom is -0.497 e. The number of aromatic nitrogens is 3. The summed E-state index contributed by atoms with van der Waals surface area (Å²) in [6.45, 7) is 2.26. The maximum absolute atomic E-state index is 12.7. The van der Waals surface area contributed by atoms with Crippen molar-refractivity contribution in [3.8, 4) is 5.75 Å². The van der Waals surface area contributed by atoms with Gasteiger partial charge in [-0.15, -0.1) is 0 Å². The second-order valence-corrected chi connectivity index (χ2v) is 7.58. The van der Waals surface area contributed by atoms with Crippen molar-refractivity contribution in [3.05, 3.63) is 41.5 Å². The number of hydrogen-bond acceptors (Lipinski definition) is 5. The zero-order valence-electron chi connectivity index (χ0n) is 16.6. The molecule has 0 bridgehead atoms. The molecule has 0 unspecified atom stereocenters. The quantitative estimate of drug-likeness (QED) is 0.706. The molecule has 1 aromatic carbocycles. The maximum Gasteiger partial charge on any atom is 0.249 e. The normalized spacial score (nSPS) is 22.5. The van der Waals surface area contributed by atoms with Crippen LogP contribution in [0.4, 0.5) is 0 Å². The Hall–Kier alpha value is -2.41. The molecule has 7 nitrogen and oxygen atoms in total. The number of nitrogens with zero attached hydrogens (tertiary/aromatic N) is 3. The predicted molar refractivity (Wildman–Crippen MR) is 104 cm³/mol. The van der Waals surface area contributed by atoms with Crippen LogP contribution >= 0.6 is 0 Å². The highest BCUT2D eigenvalue weighted by molar-refractivity contribution is 5.79. The largest absolute Gasteiger partial charge is 0.497 e. The van der Waals surface area contributed by atoms with Gasteiger partial charge in [-0.05, 0) is 37.0 Å². The number of H-pyrrole nitrogens is 1. The average Bonchev–Trinajstić information content (AvgIpc) is 3.45. The number of aryl methyl sites for hydroxylation is 1. The molecule has 1 aliphatic carbocycles. The molecular weight excluding hydrogens is 356 g/mol. The number of unbranched alkanes of at least 4 members (excludes halogenated alkanes) is 2. The summed E-state index contributed by atoms with van der Waals surface area (Å²) in [5.74, 6) is 2.34. The van der Waals surface area contributed by atoms with Crippen LogP contribution in [0, 0.1) is 0 Å². The van der Waals surface area contributed by atoms with E-state index in [1.54, 1.807) is 7.11 Å². The van der Waals surface area contributed by atoms with E-state index in [0.717, 1.165) is 42.8 Å². The molecule has 150 valence electrons. The van der Waals surface area contributed by atoms with Gasteiger partial charge in [-0.2, -0.15) is 5.10 Å². The number of aromatic amines is 1. The van der Waals surface area contributed by atoms with Gasteiger partial charge in [-0.1, -0.05) is 31.9 Å². The standard InChI is InChI=1S/C21H28N4O3/c1-3-4-5-6-17-22-21(24-23-17)20-19(14-7-11-16(27-2)12-8-14)25(15-9-10-15)18(26)13-28-20/h7-8,11-12,15,19-20H,3-6,9-10,13H2,1-2H3,(H,22,23,24)/t19-,20+/m1/s1. The molecule has 1 aliphatic heterocycles. The highest BCUT2D eigenvalue weighted by Gasteiger charge is 2.46. The van der Waals surface area contributed by atoms with E-state index < -0.39 is 0 Å². The summed E-state index contributed by atoms with van der Waals surface area (Å²) in [6, 6.07) is 7.91. The minimum absolute atomic E-state index is 0.0401. The molecule has 1 saturated carbocycles. The molecule has 2 aliphatic rings. The van der Waals surface area contributed by atoms with Crippen LogP contribution in [-0.4, -0.2) is 45.7 Å². The number of hydrogen-bond donors (Lipinski definition) is 1. The predicted octanol–water partition coefficient (Wildman–Crippen LogP) is 3.35. The SMILES string of the molecule is CCCCCc1nc([C@H]2OCC(=O)N(C3CC3)[C@@H]2c2ccc(OC)cc2)n[nH]1. The first kappa shape index (κ1) is 18.9. The Kier molecular flexibility index (Phi) is 5.62. The third kappa shape index (κ3) is 3.90. The molecule has 0 spiro atoms. The van der Waals surface area contributed by atoms with Crippen molar-refractivity contribution < 1.29 is 14.3 Å². The smallest absolute Gasteiger partial charge is 0.249 e. The number of carbonyl (C=O) groups is 1. The van der Waals surface area contributed by atoms with E-state index in [4.69, 9.17) is 14.5 Å². The third-order valence-corrected chi connectivity index (χ3v) is 5.48. The molecule has 28 heavy (non-hydrogen) atoms. The highest BCUT2D eigenvalue weighted by Crippen LogP contribution is 2.44. The summed E-state index contributed by atoms with van der Waals surface area (Å²) < 4.78 is 11.3. The summed E-state index contributed by atoms with van der Waals surface area (Å²) in [5, 5.41) is 7.50. The number of ether oxygens (including phenoxy) is 2. The van der Waals surface area contributed by atoms with Gasteiger partial charge >= 0.3 is 0 Å². The van der Waals surface area contributed by atoms with Crippen LogP contribution in [0.5, 0.6) is 5.75 Å². The maximum atomic E-state index is 12.7. The van der Waals surface area contributed by atoms with Gasteiger partial charge in [-0.25, -0.2) is 4.98 Å². The lowest BCUT2D eigenvalue weighted by Gasteiger charge is -2.40. The minimum atomic E-state index is -0.372. The molecule has 1 amide bonds. The van der Waals surface area contributed by atoms with Gasteiger partial charge in [0.25, 0.3) is 0 Å². The van der Waals surface area contributed by atoms with Gasteiger partial charge in [0.05, 0.1) is 13.2 Å². The first-order chi connectivity index (χ1) is 13.7. The Morgan fingerprint density at radius 1 is 1.25 bits per heavy atom. The molecule has 1 aromatic heterocycles. The van der Waals surface area contributed by atoms with E-state index in [2.05, 4.69) is 17.1 Å². The molecule has 2 heterocycles. The number of carbonyl (C=O) groups excluding carboxylic acids is 1. The lowest BCUT2D eigenvalue weighted by Crippen LogP contribution is -2.47. The van der Waals surface area contributed by atoms with Crippen LogP contribution in [-0.2, 0) is 16.0 Å². The number of rotatable bonds is 8. The molecule has 7 heteroatoms. The zero-order chi connectivity index (χ0) is 19.5. The lowest BCUT2D eigenvalue weighted by atomic mass is 9.96. The van der Waals surface area contributed by atoms with Gasteiger partial charge in [0.1, 0.15) is 24.3 Å². The summed E-state index contributed by atoms with van der Waals surface area (Å²) in [7, 11) is 1.65. The van der Waals surface area contributed by atoms with E-state index >= 15 is 0 Å². The van der Waals surface area contributed by atoms with Crippen LogP contribution in [0.1, 0.15) is 68.4 Å². The van der Waals surface area contributed by atoms with E-state index in [0.29, 0.717) is 5.82 Å². The van der Waals surface area contributed by atoms with Crippen molar-refractivity contribution in [2.75, 3.05) is 13.7 Å². The Morgan fingerprint density at radius 3 is 2.71 bits per heavy atom. The van der Waals surface area contributed by atoms with Gasteiger partial charge < -0.3 is 14.4 Å². The second kappa shape index (κ2) is 8.31. The van der Waals surface area contributed by atoms with Crippen molar-refractivity contribution in [2.45, 2.75) is 63.6 Å². The summed E-state index contributed by atoms with van der Waals surface area (Å²) in [6.07, 6.45) is 6.03. The fourth-order valence-corrected chi connectivity index (χ4v) is 3.85. The topological polar surface area (TPSA) is 80.3 Å². The van der Waals surface area contributed by atoms with Crippen molar-refractivity contribution in [3.63, 3.8) is 0 Å². The van der Waals surface area contributed by atoms with E-state index in [-0.39, 0.29) is 30.7 Å². The number of methoxy groups -OCH3 is 1. The van der Waals surface area contributed by atoms with Crippen LogP contribution in [0.25, 0.3) is 0 Å². The number of morpholine rings is 1.